The Balaban J connectivity index is 1.49. The van der Waals surface area contributed by atoms with Crippen molar-refractivity contribution in [1.82, 2.24) is 0 Å². The topological polar surface area (TPSA) is 107 Å². The van der Waals surface area contributed by atoms with Gasteiger partial charge in [-0.05, 0) is 75.5 Å². The van der Waals surface area contributed by atoms with Gasteiger partial charge in [0.2, 0.25) is 0 Å². The monoisotopic (exact) mass is 486 g/mol. The third-order valence-corrected chi connectivity index (χ3v) is 10.4. The maximum atomic E-state index is 12.8. The van der Waals surface area contributed by atoms with Crippen LogP contribution < -0.4 is 0 Å². The Morgan fingerprint density at radius 2 is 2.00 bits per heavy atom. The molecule has 35 heavy (non-hydrogen) atoms. The Bertz CT molecular complexity index is 1020. The second-order valence-corrected chi connectivity index (χ2v) is 11.7. The minimum atomic E-state index is -0.933. The minimum Gasteiger partial charge on any atom is -0.462 e. The van der Waals surface area contributed by atoms with Crippen molar-refractivity contribution in [3.05, 3.63) is 11.6 Å². The largest absolute Gasteiger partial charge is 0.462 e. The fraction of sp³-hybridized carbons (Fsp3) is 0.778. The molecule has 5 rings (SSSR count). The zero-order valence-electron chi connectivity index (χ0n) is 21.5. The summed E-state index contributed by atoms with van der Waals surface area (Å²) < 4.78 is 10.9. The average molecular weight is 487 g/mol. The van der Waals surface area contributed by atoms with E-state index in [1.807, 2.05) is 0 Å². The van der Waals surface area contributed by atoms with Crippen molar-refractivity contribution in [2.75, 3.05) is 6.61 Å². The van der Waals surface area contributed by atoms with Crippen molar-refractivity contribution in [2.24, 2.45) is 44.8 Å². The van der Waals surface area contributed by atoms with E-state index >= 15 is 0 Å². The van der Waals surface area contributed by atoms with Gasteiger partial charge in [-0.1, -0.05) is 35.8 Å². The van der Waals surface area contributed by atoms with E-state index in [2.05, 4.69) is 30.2 Å². The molecule has 0 spiro atoms. The van der Waals surface area contributed by atoms with Gasteiger partial charge in [0.15, 0.2) is 11.3 Å². The Morgan fingerprint density at radius 3 is 2.69 bits per heavy atom. The lowest BCUT2D eigenvalue weighted by Gasteiger charge is -2.58. The number of rotatable bonds is 4. The third kappa shape index (κ3) is 3.23. The maximum Gasteiger partial charge on any atom is 0.356 e. The lowest BCUT2D eigenvalue weighted by atomic mass is 9.46. The Kier molecular flexibility index (Phi) is 5.80. The van der Waals surface area contributed by atoms with E-state index in [1.54, 1.807) is 13.8 Å². The van der Waals surface area contributed by atoms with E-state index < -0.39 is 11.6 Å². The third-order valence-electron chi connectivity index (χ3n) is 10.4. The number of fused-ring (bicyclic) bond motifs is 7. The molecular weight excluding hydrogens is 448 g/mol. The highest BCUT2D eigenvalue weighted by Gasteiger charge is 2.74. The molecular formula is C27H38N2O6. The molecule has 0 aromatic rings. The highest BCUT2D eigenvalue weighted by molar-refractivity contribution is 6.38. The molecule has 0 bridgehead atoms. The van der Waals surface area contributed by atoms with Crippen molar-refractivity contribution >= 4 is 23.4 Å². The lowest BCUT2D eigenvalue weighted by Crippen LogP contribution is -2.59. The summed E-state index contributed by atoms with van der Waals surface area (Å²) >= 11 is 0. The summed E-state index contributed by atoms with van der Waals surface area (Å²) in [4.78, 5) is 30.5. The van der Waals surface area contributed by atoms with Crippen LogP contribution in [0.2, 0.25) is 0 Å². The molecule has 8 atom stereocenters. The molecule has 5 aliphatic rings. The standard InChI is InChI=1S/C27H38N2O6/c1-6-33-24(31)23-22-14-21-19-8-7-17-13-18(34-16(3)30)9-11-25(17,4)20(19)10-12-26(21,5)27(22,35-29-23)15(2)28-32/h7,18-22,32H,6,8-14H2,1-5H3. The first kappa shape index (κ1) is 24.3. The predicted molar refractivity (Wildman–Crippen MR) is 129 cm³/mol. The van der Waals surface area contributed by atoms with E-state index in [-0.39, 0.29) is 35.4 Å². The van der Waals surface area contributed by atoms with Gasteiger partial charge in [-0.2, -0.15) is 0 Å². The summed E-state index contributed by atoms with van der Waals surface area (Å²) in [5.74, 6) is 0.320. The first-order chi connectivity index (χ1) is 16.6. The maximum absolute atomic E-state index is 12.8. The van der Waals surface area contributed by atoms with Gasteiger partial charge < -0.3 is 19.5 Å². The van der Waals surface area contributed by atoms with Crippen LogP contribution >= 0.6 is 0 Å². The lowest BCUT2D eigenvalue weighted by molar-refractivity contribution is -0.149. The molecule has 1 heterocycles. The van der Waals surface area contributed by atoms with E-state index in [1.165, 1.54) is 12.5 Å². The molecule has 0 aromatic carbocycles. The van der Waals surface area contributed by atoms with Gasteiger partial charge in [-0.15, -0.1) is 0 Å². The van der Waals surface area contributed by atoms with Gasteiger partial charge in [-0.3, -0.25) is 4.79 Å². The SMILES string of the molecule is CCOC(=O)C1=NOC2(C(C)=NO)C1CC1C3CC=C4CC(OC(C)=O)CCC4(C)C3CCC12C. The van der Waals surface area contributed by atoms with Gasteiger partial charge in [0.1, 0.15) is 11.8 Å². The number of allylic oxidation sites excluding steroid dienone is 1. The van der Waals surface area contributed by atoms with Crippen LogP contribution in [0, 0.1) is 34.5 Å². The molecule has 3 saturated carbocycles. The highest BCUT2D eigenvalue weighted by Crippen LogP contribution is 2.70. The van der Waals surface area contributed by atoms with Gasteiger partial charge in [0.05, 0.1) is 12.5 Å². The van der Waals surface area contributed by atoms with Crippen LogP contribution in [0.4, 0.5) is 0 Å². The number of hydrogen-bond donors (Lipinski definition) is 1. The number of nitrogens with zero attached hydrogens (tertiary/aromatic N) is 2. The van der Waals surface area contributed by atoms with Gasteiger partial charge >= 0.3 is 11.9 Å². The van der Waals surface area contributed by atoms with E-state index in [0.29, 0.717) is 29.2 Å². The Labute approximate surface area is 207 Å². The summed E-state index contributed by atoms with van der Waals surface area (Å²) in [5, 5.41) is 17.7. The number of esters is 2. The van der Waals surface area contributed by atoms with Gasteiger partial charge in [-0.25, -0.2) is 4.79 Å². The van der Waals surface area contributed by atoms with Crippen molar-refractivity contribution in [3.63, 3.8) is 0 Å². The molecule has 0 saturated heterocycles. The molecule has 8 unspecified atom stereocenters. The smallest absolute Gasteiger partial charge is 0.356 e. The minimum absolute atomic E-state index is 0.0218. The molecule has 0 aromatic heterocycles. The molecule has 1 N–H and O–H groups in total. The summed E-state index contributed by atoms with van der Waals surface area (Å²) in [5.41, 5.74) is 1.08. The van der Waals surface area contributed by atoms with Crippen LogP contribution in [-0.2, 0) is 23.9 Å². The van der Waals surface area contributed by atoms with E-state index in [0.717, 1.165) is 44.9 Å². The summed E-state index contributed by atoms with van der Waals surface area (Å²) in [7, 11) is 0. The van der Waals surface area contributed by atoms with Crippen LogP contribution in [0.15, 0.2) is 22.0 Å². The van der Waals surface area contributed by atoms with Crippen molar-refractivity contribution in [1.29, 1.82) is 0 Å². The zero-order chi connectivity index (χ0) is 25.2. The summed E-state index contributed by atoms with van der Waals surface area (Å²) in [6.45, 7) is 9.97. The summed E-state index contributed by atoms with van der Waals surface area (Å²) in [6.07, 6.45) is 8.78. The van der Waals surface area contributed by atoms with Crippen LogP contribution in [-0.4, -0.2) is 46.9 Å². The number of carbonyl (C=O) groups is 2. The number of oxime groups is 2. The number of carbonyl (C=O) groups excluding carboxylic acids is 2. The fourth-order valence-electron chi connectivity index (χ4n) is 8.84. The van der Waals surface area contributed by atoms with Gasteiger partial charge in [0, 0.05) is 18.8 Å². The van der Waals surface area contributed by atoms with Gasteiger partial charge in [0.25, 0.3) is 0 Å². The number of hydrogen-bond acceptors (Lipinski definition) is 8. The zero-order valence-corrected chi connectivity index (χ0v) is 21.5. The van der Waals surface area contributed by atoms with Crippen molar-refractivity contribution < 1.29 is 29.1 Å². The van der Waals surface area contributed by atoms with Crippen LogP contribution in [0.3, 0.4) is 0 Å². The second kappa shape index (κ2) is 8.34. The molecule has 192 valence electrons. The van der Waals surface area contributed by atoms with E-state index in [4.69, 9.17) is 14.3 Å². The predicted octanol–water partition coefficient (Wildman–Crippen LogP) is 4.65. The highest BCUT2D eigenvalue weighted by atomic mass is 16.7. The first-order valence-corrected chi connectivity index (χ1v) is 13.1. The molecule has 0 radical (unpaired) electrons. The molecule has 8 heteroatoms. The molecule has 8 nitrogen and oxygen atoms in total. The Hall–Kier alpha value is -2.38. The van der Waals surface area contributed by atoms with E-state index in [9.17, 15) is 14.8 Å². The fourth-order valence-corrected chi connectivity index (χ4v) is 8.84. The van der Waals surface area contributed by atoms with Crippen LogP contribution in [0.25, 0.3) is 0 Å². The van der Waals surface area contributed by atoms with Crippen molar-refractivity contribution in [3.8, 4) is 0 Å². The van der Waals surface area contributed by atoms with Crippen LogP contribution in [0.1, 0.15) is 79.6 Å². The van der Waals surface area contributed by atoms with Crippen molar-refractivity contribution in [2.45, 2.75) is 91.3 Å². The average Bonchev–Trinajstić information content (AvgIpc) is 3.32. The second-order valence-electron chi connectivity index (χ2n) is 11.7. The normalized spacial score (nSPS) is 44.0. The molecule has 3 fully saturated rings. The Morgan fingerprint density at radius 1 is 1.23 bits per heavy atom. The number of ether oxygens (including phenoxy) is 2. The first-order valence-electron chi connectivity index (χ1n) is 13.1. The molecule has 0 amide bonds. The quantitative estimate of drug-likeness (QED) is 0.204. The van der Waals surface area contributed by atoms with Crippen LogP contribution in [0.5, 0.6) is 0 Å². The molecule has 4 aliphatic carbocycles. The summed E-state index contributed by atoms with van der Waals surface area (Å²) in [6, 6.07) is 0. The molecule has 1 aliphatic heterocycles.